The SMILES string of the molecule is [B].[Fe].[Hf].[O]. The van der Waals surface area contributed by atoms with E-state index in [0.717, 1.165) is 0 Å². The molecule has 0 rings (SSSR count). The molecule has 0 aromatic carbocycles. The van der Waals surface area contributed by atoms with Crippen LogP contribution in [-0.4, -0.2) is 8.41 Å². The molecular weight excluding hydrogens is 261 g/mol. The molecule has 0 fully saturated rings. The fourth-order valence-corrected chi connectivity index (χ4v) is 0. The average Bonchev–Trinajstić information content (AvgIpc) is 0. The zero-order valence-electron chi connectivity index (χ0n) is 1.84. The summed E-state index contributed by atoms with van der Waals surface area (Å²) in [7, 11) is 0. The number of rotatable bonds is 0. The standard InChI is InChI=1S/B.Fe.Hf.O. The summed E-state index contributed by atoms with van der Waals surface area (Å²) in [6, 6.07) is 0. The molecule has 0 aromatic rings. The summed E-state index contributed by atoms with van der Waals surface area (Å²) in [6.45, 7) is 0. The Labute approximate surface area is 56.7 Å². The minimum Gasteiger partial charge on any atom is 0 e. The molecular formula is BFeHfO. The van der Waals surface area contributed by atoms with Crippen molar-refractivity contribution in [2.45, 2.75) is 0 Å². The Morgan fingerprint density at radius 1 is 1.00 bits per heavy atom. The third-order valence-electron chi connectivity index (χ3n) is 0. The Morgan fingerprint density at radius 2 is 1.00 bits per heavy atom. The molecule has 0 N–H and O–H groups in total. The van der Waals surface area contributed by atoms with E-state index in [2.05, 4.69) is 0 Å². The summed E-state index contributed by atoms with van der Waals surface area (Å²) in [5.74, 6) is 0. The van der Waals surface area contributed by atoms with Crippen LogP contribution in [0.25, 0.3) is 0 Å². The van der Waals surface area contributed by atoms with Gasteiger partial charge < -0.3 is 0 Å². The Kier molecular flexibility index (Phi) is 339. The minimum atomic E-state index is 0. The second kappa shape index (κ2) is 25.7. The molecule has 0 spiro atoms. The van der Waals surface area contributed by atoms with Crippen LogP contribution in [0.4, 0.5) is 0 Å². The molecule has 0 saturated heterocycles. The van der Waals surface area contributed by atoms with Crippen LogP contribution in [0.2, 0.25) is 0 Å². The molecule has 0 unspecified atom stereocenters. The molecule has 1 nitrogen and oxygen atoms in total. The second-order valence-electron chi connectivity index (χ2n) is 0. The van der Waals surface area contributed by atoms with Crippen LogP contribution in [-0.2, 0) is 48.4 Å². The van der Waals surface area contributed by atoms with Crippen molar-refractivity contribution < 1.29 is 48.4 Å². The van der Waals surface area contributed by atoms with Crippen LogP contribution in [0.15, 0.2) is 0 Å². The van der Waals surface area contributed by atoms with Crippen LogP contribution in [0, 0.1) is 0 Å². The van der Waals surface area contributed by atoms with Crippen molar-refractivity contribution in [3.8, 4) is 0 Å². The zero-order chi connectivity index (χ0) is 0. The van der Waals surface area contributed by atoms with Gasteiger partial charge in [0.15, 0.2) is 0 Å². The van der Waals surface area contributed by atoms with E-state index in [1.54, 1.807) is 0 Å². The molecule has 0 atom stereocenters. The summed E-state index contributed by atoms with van der Waals surface area (Å²) < 4.78 is 0. The van der Waals surface area contributed by atoms with Crippen LogP contribution in [0.5, 0.6) is 0 Å². The predicted octanol–water partition coefficient (Wildman–Crippen LogP) is -0.505. The van der Waals surface area contributed by atoms with E-state index in [1.165, 1.54) is 0 Å². The van der Waals surface area contributed by atoms with Crippen LogP contribution in [0.3, 0.4) is 0 Å². The van der Waals surface area contributed by atoms with E-state index in [4.69, 9.17) is 0 Å². The summed E-state index contributed by atoms with van der Waals surface area (Å²) in [5, 5.41) is 0. The molecule has 0 bridgehead atoms. The topological polar surface area (TPSA) is 28.5 Å². The molecule has 0 saturated carbocycles. The molecule has 0 heterocycles. The Bertz CT molecular complexity index is 8.00. The van der Waals surface area contributed by atoms with Gasteiger partial charge >= 0.3 is 0 Å². The maximum atomic E-state index is 0. The van der Waals surface area contributed by atoms with E-state index in [-0.39, 0.29) is 56.8 Å². The van der Waals surface area contributed by atoms with Gasteiger partial charge in [0.25, 0.3) is 0 Å². The summed E-state index contributed by atoms with van der Waals surface area (Å²) >= 11 is 0. The van der Waals surface area contributed by atoms with Crippen LogP contribution in [0.1, 0.15) is 0 Å². The van der Waals surface area contributed by atoms with Gasteiger partial charge in [-0.15, -0.1) is 0 Å². The van der Waals surface area contributed by atoms with E-state index in [1.807, 2.05) is 0 Å². The Hall–Kier alpha value is 1.41. The van der Waals surface area contributed by atoms with Gasteiger partial charge in [-0.1, -0.05) is 0 Å². The maximum absolute atomic E-state index is 0. The number of hydrogen-bond acceptors (Lipinski definition) is 0. The van der Waals surface area contributed by atoms with Crippen LogP contribution < -0.4 is 0 Å². The van der Waals surface area contributed by atoms with Crippen molar-refractivity contribution in [2.24, 2.45) is 0 Å². The van der Waals surface area contributed by atoms with E-state index < -0.39 is 0 Å². The van der Waals surface area contributed by atoms with Crippen LogP contribution >= 0.6 is 0 Å². The van der Waals surface area contributed by atoms with Gasteiger partial charge in [-0.05, 0) is 0 Å². The molecule has 5 radical (unpaired) electrons. The average molecular weight is 261 g/mol. The maximum Gasteiger partial charge on any atom is 0 e. The zero-order valence-corrected chi connectivity index (χ0v) is 6.54. The third-order valence-corrected chi connectivity index (χ3v) is 0. The van der Waals surface area contributed by atoms with Gasteiger partial charge in [0, 0.05) is 56.8 Å². The quantitative estimate of drug-likeness (QED) is 0.526. The fourth-order valence-electron chi connectivity index (χ4n) is 0. The summed E-state index contributed by atoms with van der Waals surface area (Å²) in [4.78, 5) is 0. The van der Waals surface area contributed by atoms with Gasteiger partial charge in [-0.2, -0.15) is 0 Å². The van der Waals surface area contributed by atoms with Gasteiger partial charge in [-0.25, -0.2) is 0 Å². The van der Waals surface area contributed by atoms with Crippen molar-refractivity contribution in [3.63, 3.8) is 0 Å². The van der Waals surface area contributed by atoms with E-state index in [9.17, 15) is 0 Å². The first kappa shape index (κ1) is 52.7. The molecule has 0 amide bonds. The Morgan fingerprint density at radius 3 is 1.00 bits per heavy atom. The molecule has 21 valence electrons. The van der Waals surface area contributed by atoms with Crippen molar-refractivity contribution >= 4 is 8.41 Å². The van der Waals surface area contributed by atoms with Crippen molar-refractivity contribution in [1.82, 2.24) is 0 Å². The second-order valence-corrected chi connectivity index (χ2v) is 0. The molecule has 0 aliphatic carbocycles. The largest absolute Gasteiger partial charge is 0 e. The fraction of sp³-hybridized carbons (Fsp3) is 0. The summed E-state index contributed by atoms with van der Waals surface area (Å²) in [5.41, 5.74) is 0. The van der Waals surface area contributed by atoms with E-state index >= 15 is 0 Å². The monoisotopic (exact) mass is 263 g/mol. The third kappa shape index (κ3) is 9.95. The number of hydrogen-bond donors (Lipinski definition) is 0. The smallest absolute Gasteiger partial charge is 0 e. The first-order valence-corrected chi connectivity index (χ1v) is 0. The van der Waals surface area contributed by atoms with Crippen molar-refractivity contribution in [1.29, 1.82) is 0 Å². The van der Waals surface area contributed by atoms with Gasteiger partial charge in [0.05, 0.1) is 0 Å². The Balaban J connectivity index is 0. The molecule has 0 aromatic heterocycles. The molecule has 0 aliphatic heterocycles. The predicted molar refractivity (Wildman–Crippen MR) is 6.44 cm³/mol. The molecule has 4 heteroatoms. The van der Waals surface area contributed by atoms with Crippen molar-refractivity contribution in [3.05, 3.63) is 0 Å². The molecule has 0 aliphatic rings. The van der Waals surface area contributed by atoms with Gasteiger partial charge in [0.1, 0.15) is 0 Å². The first-order valence-electron chi connectivity index (χ1n) is 0. The van der Waals surface area contributed by atoms with Crippen molar-refractivity contribution in [2.75, 3.05) is 0 Å². The van der Waals surface area contributed by atoms with Gasteiger partial charge in [0.2, 0.25) is 0 Å². The minimum absolute atomic E-state index is 0. The summed E-state index contributed by atoms with van der Waals surface area (Å²) in [6.07, 6.45) is 0. The molecule has 4 heavy (non-hydrogen) atoms. The van der Waals surface area contributed by atoms with E-state index in [0.29, 0.717) is 0 Å². The first-order chi connectivity index (χ1) is 0. The van der Waals surface area contributed by atoms with Gasteiger partial charge in [-0.3, -0.25) is 0 Å². The normalized spacial score (nSPS) is 0.